The van der Waals surface area contributed by atoms with Crippen molar-refractivity contribution in [3.05, 3.63) is 28.5 Å². The lowest BCUT2D eigenvalue weighted by Gasteiger charge is -1.92. The SMILES string of the molecule is Cc1cc(N=O)cc2oc(C=O)nc12.[H+]. The smallest absolute Gasteiger partial charge is 0.434 e. The van der Waals surface area contributed by atoms with E-state index in [0.717, 1.165) is 5.56 Å². The standard InChI is InChI=1S/C9H6N2O3/c1-5-2-6(11-13)3-7-9(5)10-8(4-12)14-7/h2-4H,1H3/p+1. The Morgan fingerprint density at radius 1 is 1.57 bits per heavy atom. The van der Waals surface area contributed by atoms with Gasteiger partial charge in [0.25, 0.3) is 5.89 Å². The van der Waals surface area contributed by atoms with Gasteiger partial charge in [-0.2, -0.15) is 0 Å². The van der Waals surface area contributed by atoms with E-state index in [1.54, 1.807) is 13.0 Å². The molecule has 2 rings (SSSR count). The van der Waals surface area contributed by atoms with E-state index in [9.17, 15) is 9.70 Å². The minimum atomic E-state index is 0. The molecular formula is C9H7N2O3+. The number of benzene rings is 1. The maximum Gasteiger partial charge on any atom is 1.00 e. The van der Waals surface area contributed by atoms with Crippen LogP contribution in [0.15, 0.2) is 21.7 Å². The first-order valence-corrected chi connectivity index (χ1v) is 3.94. The monoisotopic (exact) mass is 191 g/mol. The van der Waals surface area contributed by atoms with Crippen molar-refractivity contribution >= 4 is 23.1 Å². The molecule has 0 unspecified atom stereocenters. The number of fused-ring (bicyclic) bond motifs is 1. The van der Waals surface area contributed by atoms with Crippen LogP contribution in [0.2, 0.25) is 0 Å². The highest BCUT2D eigenvalue weighted by Crippen LogP contribution is 2.25. The number of nitrogens with zero attached hydrogens (tertiary/aromatic N) is 2. The van der Waals surface area contributed by atoms with E-state index in [2.05, 4.69) is 10.2 Å². The predicted molar refractivity (Wildman–Crippen MR) is 50.7 cm³/mol. The molecule has 0 aliphatic heterocycles. The Bertz CT molecular complexity index is 521. The average molecular weight is 191 g/mol. The van der Waals surface area contributed by atoms with E-state index in [4.69, 9.17) is 4.42 Å². The summed E-state index contributed by atoms with van der Waals surface area (Å²) in [5.41, 5.74) is 2.01. The van der Waals surface area contributed by atoms with Crippen LogP contribution in [0, 0.1) is 11.8 Å². The van der Waals surface area contributed by atoms with Crippen molar-refractivity contribution in [1.29, 1.82) is 0 Å². The summed E-state index contributed by atoms with van der Waals surface area (Å²) >= 11 is 0. The Labute approximate surface area is 80.2 Å². The second kappa shape index (κ2) is 3.02. The first-order valence-electron chi connectivity index (χ1n) is 3.94. The van der Waals surface area contributed by atoms with Gasteiger partial charge in [0.2, 0.25) is 6.29 Å². The highest BCUT2D eigenvalue weighted by Gasteiger charge is 2.08. The maximum atomic E-state index is 10.4. The Kier molecular flexibility index (Phi) is 1.85. The summed E-state index contributed by atoms with van der Waals surface area (Å²) in [5, 5.41) is 2.79. The van der Waals surface area contributed by atoms with Gasteiger partial charge < -0.3 is 4.42 Å². The average Bonchev–Trinajstić information content (AvgIpc) is 2.61. The van der Waals surface area contributed by atoms with Crippen LogP contribution < -0.4 is 0 Å². The normalized spacial score (nSPS) is 10.4. The lowest BCUT2D eigenvalue weighted by molar-refractivity contribution is 0.109. The number of hydrogen-bond donors (Lipinski definition) is 0. The molecule has 0 N–H and O–H groups in total. The first kappa shape index (κ1) is 8.55. The quantitative estimate of drug-likeness (QED) is 0.539. The molecule has 0 aliphatic carbocycles. The first-order chi connectivity index (χ1) is 6.74. The molecule has 0 spiro atoms. The van der Waals surface area contributed by atoms with Gasteiger partial charge in [-0.05, 0) is 23.7 Å². The second-order valence-corrected chi connectivity index (χ2v) is 2.87. The molecule has 1 aromatic heterocycles. The van der Waals surface area contributed by atoms with Gasteiger partial charge in [-0.3, -0.25) is 4.79 Å². The molecule has 5 heteroatoms. The fraction of sp³-hybridized carbons (Fsp3) is 0.111. The third kappa shape index (κ3) is 1.19. The van der Waals surface area contributed by atoms with Crippen molar-refractivity contribution in [1.82, 2.24) is 4.98 Å². The number of aldehydes is 1. The highest BCUT2D eigenvalue weighted by molar-refractivity contribution is 5.83. The van der Waals surface area contributed by atoms with E-state index in [-0.39, 0.29) is 13.0 Å². The Hall–Kier alpha value is -2.04. The number of hydrogen-bond acceptors (Lipinski definition) is 5. The van der Waals surface area contributed by atoms with Crippen LogP contribution in [0.25, 0.3) is 11.1 Å². The van der Waals surface area contributed by atoms with E-state index in [1.165, 1.54) is 6.07 Å². The molecule has 1 aromatic carbocycles. The number of rotatable bonds is 2. The zero-order valence-electron chi connectivity index (χ0n) is 8.35. The number of carbonyl (C=O) groups is 1. The van der Waals surface area contributed by atoms with E-state index >= 15 is 0 Å². The molecular weight excluding hydrogens is 184 g/mol. The fourth-order valence-electron chi connectivity index (χ4n) is 1.30. The van der Waals surface area contributed by atoms with Crippen LogP contribution in [0.3, 0.4) is 0 Å². The Morgan fingerprint density at radius 2 is 2.36 bits per heavy atom. The molecule has 0 bridgehead atoms. The molecule has 0 atom stereocenters. The molecule has 0 amide bonds. The Morgan fingerprint density at radius 3 is 3.00 bits per heavy atom. The largest absolute Gasteiger partial charge is 1.00 e. The molecule has 14 heavy (non-hydrogen) atoms. The van der Waals surface area contributed by atoms with Crippen molar-refractivity contribution in [3.63, 3.8) is 0 Å². The summed E-state index contributed by atoms with van der Waals surface area (Å²) in [4.78, 5) is 24.6. The van der Waals surface area contributed by atoms with Crippen molar-refractivity contribution < 1.29 is 10.6 Å². The van der Waals surface area contributed by atoms with Crippen LogP contribution in [-0.2, 0) is 0 Å². The van der Waals surface area contributed by atoms with Gasteiger partial charge in [-0.1, -0.05) is 0 Å². The lowest BCUT2D eigenvalue weighted by atomic mass is 10.2. The molecule has 1 heterocycles. The zero-order chi connectivity index (χ0) is 10.1. The summed E-state index contributed by atoms with van der Waals surface area (Å²) in [6, 6.07) is 3.04. The second-order valence-electron chi connectivity index (χ2n) is 2.87. The highest BCUT2D eigenvalue weighted by atomic mass is 16.4. The van der Waals surface area contributed by atoms with Crippen molar-refractivity contribution in [3.8, 4) is 0 Å². The fourth-order valence-corrected chi connectivity index (χ4v) is 1.30. The number of aryl methyl sites for hydroxylation is 1. The number of nitroso groups, excluding NO2 is 1. The predicted octanol–water partition coefficient (Wildman–Crippen LogP) is 2.46. The van der Waals surface area contributed by atoms with Gasteiger partial charge in [-0.25, -0.2) is 4.98 Å². The molecule has 0 saturated carbocycles. The van der Waals surface area contributed by atoms with Gasteiger partial charge in [-0.15, -0.1) is 4.91 Å². The Balaban J connectivity index is 0.00000112. The lowest BCUT2D eigenvalue weighted by Crippen LogP contribution is -1.78. The van der Waals surface area contributed by atoms with Crippen molar-refractivity contribution in [2.24, 2.45) is 5.18 Å². The summed E-state index contributed by atoms with van der Waals surface area (Å²) in [6.45, 7) is 1.77. The minimum Gasteiger partial charge on any atom is -0.434 e. The van der Waals surface area contributed by atoms with Gasteiger partial charge in [0.05, 0.1) is 0 Å². The van der Waals surface area contributed by atoms with Crippen LogP contribution in [0.4, 0.5) is 5.69 Å². The number of oxazole rings is 1. The third-order valence-corrected chi connectivity index (χ3v) is 1.89. The summed E-state index contributed by atoms with van der Waals surface area (Å²) in [7, 11) is 0. The van der Waals surface area contributed by atoms with Crippen molar-refractivity contribution in [2.75, 3.05) is 0 Å². The molecule has 5 nitrogen and oxygen atoms in total. The molecule has 0 radical (unpaired) electrons. The number of aromatic nitrogens is 1. The molecule has 70 valence electrons. The van der Waals surface area contributed by atoms with Gasteiger partial charge >= 0.3 is 1.43 Å². The van der Waals surface area contributed by atoms with E-state index in [1.807, 2.05) is 0 Å². The van der Waals surface area contributed by atoms with Gasteiger partial charge in [0, 0.05) is 6.07 Å². The van der Waals surface area contributed by atoms with Crippen LogP contribution in [0.1, 0.15) is 17.7 Å². The minimum absolute atomic E-state index is 0. The summed E-state index contributed by atoms with van der Waals surface area (Å²) in [5.74, 6) is 0.00569. The van der Waals surface area contributed by atoms with Crippen LogP contribution in [0.5, 0.6) is 0 Å². The maximum absolute atomic E-state index is 10.4. The van der Waals surface area contributed by atoms with Crippen molar-refractivity contribution in [2.45, 2.75) is 6.92 Å². The zero-order valence-corrected chi connectivity index (χ0v) is 7.35. The molecule has 2 aromatic rings. The van der Waals surface area contributed by atoms with E-state index < -0.39 is 0 Å². The molecule has 0 fully saturated rings. The van der Waals surface area contributed by atoms with Crippen LogP contribution in [-0.4, -0.2) is 11.3 Å². The summed E-state index contributed by atoms with van der Waals surface area (Å²) < 4.78 is 5.06. The molecule has 0 aliphatic rings. The number of carbonyl (C=O) groups excluding carboxylic acids is 1. The summed E-state index contributed by atoms with van der Waals surface area (Å²) in [6.07, 6.45) is 0.521. The molecule has 0 saturated heterocycles. The van der Waals surface area contributed by atoms with E-state index in [0.29, 0.717) is 17.4 Å². The van der Waals surface area contributed by atoms with Gasteiger partial charge in [0.15, 0.2) is 5.58 Å². The topological polar surface area (TPSA) is 72.5 Å². The van der Waals surface area contributed by atoms with Crippen LogP contribution >= 0.6 is 0 Å². The van der Waals surface area contributed by atoms with Gasteiger partial charge in [0.1, 0.15) is 11.2 Å². The third-order valence-electron chi connectivity index (χ3n) is 1.89.